The number of guanidine groups is 1. The standard InChI is InChI=1S/C18H30N4/c1-19-18(20-12-8-16-6-4-3-5-7-16)21-13-9-17-10-14-22(2)15-11-17/h3-7,17H,8-15H2,1-2H3,(H2,19,20,21). The zero-order chi connectivity index (χ0) is 15.6. The molecule has 22 heavy (non-hydrogen) atoms. The molecule has 2 N–H and O–H groups in total. The fraction of sp³-hybridized carbons (Fsp3) is 0.611. The maximum absolute atomic E-state index is 4.30. The van der Waals surface area contributed by atoms with E-state index >= 15 is 0 Å². The molecule has 0 spiro atoms. The lowest BCUT2D eigenvalue weighted by Crippen LogP contribution is -2.39. The number of nitrogens with one attached hydrogen (secondary N) is 2. The lowest BCUT2D eigenvalue weighted by atomic mass is 9.94. The first kappa shape index (κ1) is 16.8. The number of nitrogens with zero attached hydrogens (tertiary/aromatic N) is 2. The summed E-state index contributed by atoms with van der Waals surface area (Å²) in [6.07, 6.45) is 4.93. The second-order valence-electron chi connectivity index (χ2n) is 6.20. The highest BCUT2D eigenvalue weighted by Crippen LogP contribution is 2.18. The van der Waals surface area contributed by atoms with Gasteiger partial charge in [0.05, 0.1) is 0 Å². The Balaban J connectivity index is 1.59. The van der Waals surface area contributed by atoms with Gasteiger partial charge < -0.3 is 15.5 Å². The van der Waals surface area contributed by atoms with Crippen molar-refractivity contribution >= 4 is 5.96 Å². The number of likely N-dealkylation sites (tertiary alicyclic amines) is 1. The van der Waals surface area contributed by atoms with Crippen molar-refractivity contribution in [3.63, 3.8) is 0 Å². The molecular weight excluding hydrogens is 272 g/mol. The Labute approximate surface area is 135 Å². The summed E-state index contributed by atoms with van der Waals surface area (Å²) >= 11 is 0. The van der Waals surface area contributed by atoms with Crippen LogP contribution in [0.4, 0.5) is 0 Å². The summed E-state index contributed by atoms with van der Waals surface area (Å²) in [6.45, 7) is 4.42. The highest BCUT2D eigenvalue weighted by atomic mass is 15.2. The SMILES string of the molecule is CN=C(NCCc1ccccc1)NCCC1CCN(C)CC1. The van der Waals surface area contributed by atoms with Gasteiger partial charge in [0.25, 0.3) is 0 Å². The highest BCUT2D eigenvalue weighted by Gasteiger charge is 2.16. The van der Waals surface area contributed by atoms with E-state index in [-0.39, 0.29) is 0 Å². The molecule has 1 saturated heterocycles. The Kier molecular flexibility index (Phi) is 7.23. The highest BCUT2D eigenvalue weighted by molar-refractivity contribution is 5.79. The summed E-state index contributed by atoms with van der Waals surface area (Å²) in [7, 11) is 4.06. The summed E-state index contributed by atoms with van der Waals surface area (Å²) in [5, 5.41) is 6.83. The van der Waals surface area contributed by atoms with Gasteiger partial charge in [-0.1, -0.05) is 30.3 Å². The molecule has 1 fully saturated rings. The molecule has 0 saturated carbocycles. The molecule has 1 aromatic carbocycles. The molecule has 0 aliphatic carbocycles. The van der Waals surface area contributed by atoms with Crippen LogP contribution >= 0.6 is 0 Å². The van der Waals surface area contributed by atoms with Gasteiger partial charge in [0.1, 0.15) is 0 Å². The van der Waals surface area contributed by atoms with E-state index in [1.54, 1.807) is 0 Å². The first-order chi connectivity index (χ1) is 10.8. The van der Waals surface area contributed by atoms with Gasteiger partial charge in [-0.2, -0.15) is 0 Å². The molecule has 4 heteroatoms. The summed E-state index contributed by atoms with van der Waals surface area (Å²) in [5.41, 5.74) is 1.36. The van der Waals surface area contributed by atoms with E-state index in [1.165, 1.54) is 37.9 Å². The van der Waals surface area contributed by atoms with E-state index in [4.69, 9.17) is 0 Å². The van der Waals surface area contributed by atoms with Gasteiger partial charge in [0.15, 0.2) is 5.96 Å². The van der Waals surface area contributed by atoms with Crippen molar-refractivity contribution in [1.29, 1.82) is 0 Å². The Morgan fingerprint density at radius 3 is 2.50 bits per heavy atom. The van der Waals surface area contributed by atoms with Crippen molar-refractivity contribution in [2.45, 2.75) is 25.7 Å². The average Bonchev–Trinajstić information content (AvgIpc) is 2.56. The van der Waals surface area contributed by atoms with Crippen LogP contribution in [-0.4, -0.2) is 51.1 Å². The van der Waals surface area contributed by atoms with Crippen LogP contribution in [0.2, 0.25) is 0 Å². The number of rotatable bonds is 6. The van der Waals surface area contributed by atoms with Crippen molar-refractivity contribution in [3.05, 3.63) is 35.9 Å². The van der Waals surface area contributed by atoms with Crippen LogP contribution in [0.5, 0.6) is 0 Å². The molecule has 1 aromatic rings. The van der Waals surface area contributed by atoms with Crippen molar-refractivity contribution in [3.8, 4) is 0 Å². The molecule has 0 atom stereocenters. The summed E-state index contributed by atoms with van der Waals surface area (Å²) in [5.74, 6) is 1.79. The zero-order valence-corrected chi connectivity index (χ0v) is 14.0. The largest absolute Gasteiger partial charge is 0.356 e. The molecule has 4 nitrogen and oxygen atoms in total. The van der Waals surface area contributed by atoms with E-state index in [0.29, 0.717) is 0 Å². The zero-order valence-electron chi connectivity index (χ0n) is 14.0. The molecule has 1 aliphatic rings. The average molecular weight is 302 g/mol. The van der Waals surface area contributed by atoms with Gasteiger partial charge in [-0.15, -0.1) is 0 Å². The molecule has 1 aliphatic heterocycles. The maximum atomic E-state index is 4.30. The predicted octanol–water partition coefficient (Wildman–Crippen LogP) is 2.13. The van der Waals surface area contributed by atoms with E-state index < -0.39 is 0 Å². The molecular formula is C18H30N4. The van der Waals surface area contributed by atoms with Crippen molar-refractivity contribution in [2.24, 2.45) is 10.9 Å². The first-order valence-electron chi connectivity index (χ1n) is 8.45. The Morgan fingerprint density at radius 1 is 1.14 bits per heavy atom. The first-order valence-corrected chi connectivity index (χ1v) is 8.45. The van der Waals surface area contributed by atoms with Crippen molar-refractivity contribution in [1.82, 2.24) is 15.5 Å². The maximum Gasteiger partial charge on any atom is 0.190 e. The summed E-state index contributed by atoms with van der Waals surface area (Å²) in [6, 6.07) is 10.6. The Hall–Kier alpha value is -1.55. The monoisotopic (exact) mass is 302 g/mol. The van der Waals surface area contributed by atoms with Gasteiger partial charge in [-0.05, 0) is 57.3 Å². The summed E-state index contributed by atoms with van der Waals surface area (Å²) in [4.78, 5) is 6.72. The lowest BCUT2D eigenvalue weighted by Gasteiger charge is -2.29. The molecule has 1 heterocycles. The molecule has 0 radical (unpaired) electrons. The van der Waals surface area contributed by atoms with Crippen molar-refractivity contribution < 1.29 is 0 Å². The van der Waals surface area contributed by atoms with Crippen LogP contribution in [0.15, 0.2) is 35.3 Å². The number of hydrogen-bond donors (Lipinski definition) is 2. The van der Waals surface area contributed by atoms with E-state index in [0.717, 1.165) is 31.4 Å². The second-order valence-corrected chi connectivity index (χ2v) is 6.20. The number of aliphatic imine (C=N–C) groups is 1. The normalized spacial score (nSPS) is 17.5. The third-order valence-corrected chi connectivity index (χ3v) is 4.46. The van der Waals surface area contributed by atoms with Crippen LogP contribution in [0, 0.1) is 5.92 Å². The lowest BCUT2D eigenvalue weighted by molar-refractivity contribution is 0.213. The number of piperidine rings is 1. The molecule has 0 aromatic heterocycles. The van der Waals surface area contributed by atoms with Gasteiger partial charge in [0.2, 0.25) is 0 Å². The van der Waals surface area contributed by atoms with Crippen molar-refractivity contribution in [2.75, 3.05) is 40.3 Å². The second kappa shape index (κ2) is 9.46. The smallest absolute Gasteiger partial charge is 0.190 e. The minimum Gasteiger partial charge on any atom is -0.356 e. The fourth-order valence-electron chi connectivity index (χ4n) is 2.94. The molecule has 122 valence electrons. The van der Waals surface area contributed by atoms with Gasteiger partial charge in [-0.3, -0.25) is 4.99 Å². The minimum absolute atomic E-state index is 0.867. The molecule has 0 amide bonds. The Bertz CT molecular complexity index is 436. The number of benzene rings is 1. The molecule has 2 rings (SSSR count). The van der Waals surface area contributed by atoms with Gasteiger partial charge in [0, 0.05) is 20.1 Å². The topological polar surface area (TPSA) is 39.7 Å². The third-order valence-electron chi connectivity index (χ3n) is 4.46. The van der Waals surface area contributed by atoms with Crippen LogP contribution < -0.4 is 10.6 Å². The van der Waals surface area contributed by atoms with Crippen LogP contribution in [-0.2, 0) is 6.42 Å². The van der Waals surface area contributed by atoms with Gasteiger partial charge >= 0.3 is 0 Å². The van der Waals surface area contributed by atoms with E-state index in [2.05, 4.69) is 57.9 Å². The van der Waals surface area contributed by atoms with E-state index in [9.17, 15) is 0 Å². The summed E-state index contributed by atoms with van der Waals surface area (Å²) < 4.78 is 0. The van der Waals surface area contributed by atoms with Gasteiger partial charge in [-0.25, -0.2) is 0 Å². The number of hydrogen-bond acceptors (Lipinski definition) is 2. The van der Waals surface area contributed by atoms with E-state index in [1.807, 2.05) is 7.05 Å². The quantitative estimate of drug-likeness (QED) is 0.625. The van der Waals surface area contributed by atoms with Crippen LogP contribution in [0.25, 0.3) is 0 Å². The predicted molar refractivity (Wildman–Crippen MR) is 94.3 cm³/mol. The van der Waals surface area contributed by atoms with Crippen LogP contribution in [0.3, 0.4) is 0 Å². The minimum atomic E-state index is 0.867. The fourth-order valence-corrected chi connectivity index (χ4v) is 2.94. The Morgan fingerprint density at radius 2 is 1.82 bits per heavy atom. The molecule has 0 bridgehead atoms. The van der Waals surface area contributed by atoms with Crippen LogP contribution in [0.1, 0.15) is 24.8 Å². The third kappa shape index (κ3) is 6.06. The molecule has 0 unspecified atom stereocenters.